The van der Waals surface area contributed by atoms with Crippen molar-refractivity contribution in [1.29, 1.82) is 0 Å². The molecule has 0 saturated heterocycles. The molecule has 0 aliphatic heterocycles. The van der Waals surface area contributed by atoms with E-state index in [9.17, 15) is 4.79 Å². The normalized spacial score (nSPS) is 14.1. The second-order valence-corrected chi connectivity index (χ2v) is 6.06. The third-order valence-electron chi connectivity index (χ3n) is 3.74. The first-order chi connectivity index (χ1) is 10.6. The second kappa shape index (κ2) is 8.78. The molecule has 1 aliphatic rings. The molecule has 1 aromatic heterocycles. The molecule has 2 rings (SSSR count). The van der Waals surface area contributed by atoms with Crippen LogP contribution in [0.4, 0.5) is 4.79 Å². The first-order valence-electron chi connectivity index (χ1n) is 8.25. The van der Waals surface area contributed by atoms with Gasteiger partial charge in [-0.05, 0) is 51.5 Å². The number of aromatic nitrogens is 2. The Kier molecular flexibility index (Phi) is 6.71. The highest BCUT2D eigenvalue weighted by atomic mass is 16.5. The van der Waals surface area contributed by atoms with Crippen LogP contribution in [-0.2, 0) is 11.3 Å². The summed E-state index contributed by atoms with van der Waals surface area (Å²) in [6.07, 6.45) is 4.38. The molecule has 0 aromatic carbocycles. The van der Waals surface area contributed by atoms with E-state index in [1.165, 1.54) is 12.8 Å². The van der Waals surface area contributed by atoms with E-state index in [1.54, 1.807) is 0 Å². The zero-order valence-corrected chi connectivity index (χ0v) is 13.7. The largest absolute Gasteiger partial charge is 0.381 e. The Balaban J connectivity index is 1.42. The fourth-order valence-electron chi connectivity index (χ4n) is 2.31. The quantitative estimate of drug-likeness (QED) is 0.650. The molecule has 2 amide bonds. The molecule has 0 unspecified atom stereocenters. The summed E-state index contributed by atoms with van der Waals surface area (Å²) in [5, 5.41) is 10.1. The van der Waals surface area contributed by atoms with Crippen molar-refractivity contribution >= 4 is 6.03 Å². The van der Waals surface area contributed by atoms with Gasteiger partial charge in [0, 0.05) is 38.5 Å². The van der Waals surface area contributed by atoms with Gasteiger partial charge in [-0.25, -0.2) is 4.79 Å². The second-order valence-electron chi connectivity index (χ2n) is 6.06. The molecular formula is C16H28N4O2. The van der Waals surface area contributed by atoms with Crippen LogP contribution in [0.3, 0.4) is 0 Å². The number of carbonyl (C=O) groups is 1. The molecule has 0 spiro atoms. The summed E-state index contributed by atoms with van der Waals surface area (Å²) in [4.78, 5) is 11.6. The first-order valence-corrected chi connectivity index (χ1v) is 8.25. The van der Waals surface area contributed by atoms with E-state index in [1.807, 2.05) is 18.5 Å². The Labute approximate surface area is 132 Å². The van der Waals surface area contributed by atoms with Gasteiger partial charge in [-0.1, -0.05) is 0 Å². The van der Waals surface area contributed by atoms with Crippen LogP contribution in [0.15, 0.2) is 6.07 Å². The lowest BCUT2D eigenvalue weighted by Crippen LogP contribution is -2.37. The first kappa shape index (κ1) is 16.8. The van der Waals surface area contributed by atoms with Crippen molar-refractivity contribution in [3.8, 4) is 0 Å². The van der Waals surface area contributed by atoms with Crippen LogP contribution in [0, 0.1) is 19.8 Å². The maximum Gasteiger partial charge on any atom is 0.314 e. The number of nitrogens with one attached hydrogen (secondary N) is 2. The summed E-state index contributed by atoms with van der Waals surface area (Å²) in [6.45, 7) is 7.80. The molecule has 2 N–H and O–H groups in total. The zero-order chi connectivity index (χ0) is 15.8. The minimum Gasteiger partial charge on any atom is -0.381 e. The number of nitrogens with zero attached hydrogens (tertiary/aromatic N) is 2. The predicted molar refractivity (Wildman–Crippen MR) is 85.9 cm³/mol. The van der Waals surface area contributed by atoms with Crippen LogP contribution in [0.2, 0.25) is 0 Å². The van der Waals surface area contributed by atoms with Crippen LogP contribution in [-0.4, -0.2) is 42.1 Å². The molecule has 0 atom stereocenters. The van der Waals surface area contributed by atoms with Crippen molar-refractivity contribution in [3.05, 3.63) is 17.5 Å². The van der Waals surface area contributed by atoms with Crippen molar-refractivity contribution in [1.82, 2.24) is 20.4 Å². The number of carbonyl (C=O) groups excluding carboxylic acids is 1. The fourth-order valence-corrected chi connectivity index (χ4v) is 2.31. The number of hydrogen-bond acceptors (Lipinski definition) is 3. The van der Waals surface area contributed by atoms with E-state index in [-0.39, 0.29) is 6.03 Å². The monoisotopic (exact) mass is 308 g/mol. The summed E-state index contributed by atoms with van der Waals surface area (Å²) in [6, 6.07) is 1.96. The molecule has 1 heterocycles. The molecule has 1 aliphatic carbocycles. The average molecular weight is 308 g/mol. The standard InChI is InChI=1S/C16H28N4O2/c1-13-11-14(2)20(19-13)9-3-7-17-16(21)18-8-4-10-22-12-15-5-6-15/h11,15H,3-10,12H2,1-2H3,(H2,17,18,21). The predicted octanol–water partition coefficient (Wildman–Crippen LogP) is 2.01. The van der Waals surface area contributed by atoms with Gasteiger partial charge in [0.2, 0.25) is 0 Å². The number of hydrogen-bond donors (Lipinski definition) is 2. The fraction of sp³-hybridized carbons (Fsp3) is 0.750. The lowest BCUT2D eigenvalue weighted by atomic mass is 10.4. The van der Waals surface area contributed by atoms with Crippen LogP contribution < -0.4 is 10.6 Å². The zero-order valence-electron chi connectivity index (χ0n) is 13.7. The van der Waals surface area contributed by atoms with Crippen molar-refractivity contribution in [2.75, 3.05) is 26.3 Å². The summed E-state index contributed by atoms with van der Waals surface area (Å²) in [5.74, 6) is 0.804. The third-order valence-corrected chi connectivity index (χ3v) is 3.74. The minimum atomic E-state index is -0.101. The number of aryl methyl sites for hydroxylation is 3. The van der Waals surface area contributed by atoms with Gasteiger partial charge in [0.15, 0.2) is 0 Å². The van der Waals surface area contributed by atoms with Crippen molar-refractivity contribution in [2.45, 2.75) is 46.1 Å². The highest BCUT2D eigenvalue weighted by Crippen LogP contribution is 2.28. The van der Waals surface area contributed by atoms with Gasteiger partial charge in [0.05, 0.1) is 5.69 Å². The summed E-state index contributed by atoms with van der Waals surface area (Å²) in [5.41, 5.74) is 2.19. The van der Waals surface area contributed by atoms with Gasteiger partial charge >= 0.3 is 6.03 Å². The summed E-state index contributed by atoms with van der Waals surface area (Å²) in [7, 11) is 0. The Hall–Kier alpha value is -1.56. The van der Waals surface area contributed by atoms with Gasteiger partial charge in [-0.15, -0.1) is 0 Å². The molecule has 1 aromatic rings. The van der Waals surface area contributed by atoms with E-state index in [0.717, 1.165) is 49.9 Å². The number of amides is 2. The van der Waals surface area contributed by atoms with E-state index in [2.05, 4.69) is 21.8 Å². The minimum absolute atomic E-state index is 0.101. The summed E-state index contributed by atoms with van der Waals surface area (Å²) >= 11 is 0. The summed E-state index contributed by atoms with van der Waals surface area (Å²) < 4.78 is 7.50. The SMILES string of the molecule is Cc1cc(C)n(CCCNC(=O)NCCCOCC2CC2)n1. The topological polar surface area (TPSA) is 68.2 Å². The third kappa shape index (κ3) is 6.47. The van der Waals surface area contributed by atoms with Gasteiger partial charge in [0.1, 0.15) is 0 Å². The smallest absolute Gasteiger partial charge is 0.314 e. The van der Waals surface area contributed by atoms with E-state index in [0.29, 0.717) is 13.1 Å². The highest BCUT2D eigenvalue weighted by molar-refractivity contribution is 5.73. The van der Waals surface area contributed by atoms with E-state index >= 15 is 0 Å². The van der Waals surface area contributed by atoms with Crippen LogP contribution in [0.1, 0.15) is 37.1 Å². The molecule has 124 valence electrons. The lowest BCUT2D eigenvalue weighted by Gasteiger charge is -2.08. The molecule has 0 bridgehead atoms. The highest BCUT2D eigenvalue weighted by Gasteiger charge is 2.20. The Bertz CT molecular complexity index is 469. The van der Waals surface area contributed by atoms with Gasteiger partial charge in [0.25, 0.3) is 0 Å². The van der Waals surface area contributed by atoms with E-state index in [4.69, 9.17) is 4.74 Å². The molecule has 0 radical (unpaired) electrons. The Morgan fingerprint density at radius 2 is 2.05 bits per heavy atom. The van der Waals surface area contributed by atoms with Crippen LogP contribution in [0.5, 0.6) is 0 Å². The maximum atomic E-state index is 11.6. The molecule has 1 fully saturated rings. The van der Waals surface area contributed by atoms with Crippen LogP contribution in [0.25, 0.3) is 0 Å². The Morgan fingerprint density at radius 1 is 1.32 bits per heavy atom. The molecule has 22 heavy (non-hydrogen) atoms. The molecular weight excluding hydrogens is 280 g/mol. The van der Waals surface area contributed by atoms with Crippen molar-refractivity contribution in [3.63, 3.8) is 0 Å². The lowest BCUT2D eigenvalue weighted by molar-refractivity contribution is 0.122. The van der Waals surface area contributed by atoms with Crippen molar-refractivity contribution in [2.24, 2.45) is 5.92 Å². The molecule has 1 saturated carbocycles. The molecule has 6 heteroatoms. The van der Waals surface area contributed by atoms with Crippen molar-refractivity contribution < 1.29 is 9.53 Å². The van der Waals surface area contributed by atoms with E-state index < -0.39 is 0 Å². The van der Waals surface area contributed by atoms with Gasteiger partial charge < -0.3 is 15.4 Å². The van der Waals surface area contributed by atoms with Crippen LogP contribution >= 0.6 is 0 Å². The number of ether oxygens (including phenoxy) is 1. The number of urea groups is 1. The Morgan fingerprint density at radius 3 is 2.68 bits per heavy atom. The number of rotatable bonds is 10. The van der Waals surface area contributed by atoms with Gasteiger partial charge in [-0.2, -0.15) is 5.10 Å². The maximum absolute atomic E-state index is 11.6. The van der Waals surface area contributed by atoms with Gasteiger partial charge in [-0.3, -0.25) is 4.68 Å². The molecule has 6 nitrogen and oxygen atoms in total. The average Bonchev–Trinajstić information content (AvgIpc) is 3.24.